The van der Waals surface area contributed by atoms with E-state index in [9.17, 15) is 0 Å². The number of anilines is 2. The third-order valence-corrected chi connectivity index (χ3v) is 5.45. The summed E-state index contributed by atoms with van der Waals surface area (Å²) in [6, 6.07) is 14.1. The van der Waals surface area contributed by atoms with E-state index in [1.807, 2.05) is 30.3 Å². The van der Waals surface area contributed by atoms with Gasteiger partial charge in [-0.05, 0) is 35.9 Å². The molecule has 130 valence electrons. The Morgan fingerprint density at radius 1 is 1.12 bits per heavy atom. The zero-order valence-electron chi connectivity index (χ0n) is 13.7. The van der Waals surface area contributed by atoms with Crippen molar-refractivity contribution < 1.29 is 4.74 Å². The Morgan fingerprint density at radius 2 is 1.96 bits per heavy atom. The maximum Gasteiger partial charge on any atom is 0.127 e. The van der Waals surface area contributed by atoms with Crippen molar-refractivity contribution >= 4 is 44.7 Å². The van der Waals surface area contributed by atoms with Crippen molar-refractivity contribution in [2.45, 2.75) is 24.9 Å². The van der Waals surface area contributed by atoms with E-state index in [1.54, 1.807) is 0 Å². The van der Waals surface area contributed by atoms with Gasteiger partial charge in [0.15, 0.2) is 0 Å². The zero-order chi connectivity index (χ0) is 17.3. The highest BCUT2D eigenvalue weighted by Crippen LogP contribution is 2.38. The number of hydrogen-bond acceptors (Lipinski definition) is 3. The zero-order valence-corrected chi connectivity index (χ0v) is 16.0. The Kier molecular flexibility index (Phi) is 4.71. The SMILES string of the molecule is Clc1cccc(CN=C2Nc3ccc(Br)cc3NC23CCOCC3)c1. The summed E-state index contributed by atoms with van der Waals surface area (Å²) in [5.41, 5.74) is 3.04. The first kappa shape index (κ1) is 16.9. The van der Waals surface area contributed by atoms with E-state index in [2.05, 4.69) is 38.7 Å². The van der Waals surface area contributed by atoms with Gasteiger partial charge in [-0.25, -0.2) is 0 Å². The number of ether oxygens (including phenoxy) is 1. The highest BCUT2D eigenvalue weighted by molar-refractivity contribution is 9.10. The minimum absolute atomic E-state index is 0.204. The molecule has 2 aliphatic heterocycles. The number of amidine groups is 1. The molecule has 0 unspecified atom stereocenters. The lowest BCUT2D eigenvalue weighted by Gasteiger charge is -2.43. The third kappa shape index (κ3) is 3.54. The predicted molar refractivity (Wildman–Crippen MR) is 107 cm³/mol. The van der Waals surface area contributed by atoms with Crippen LogP contribution in [0, 0.1) is 0 Å². The van der Waals surface area contributed by atoms with Crippen LogP contribution in [0.3, 0.4) is 0 Å². The van der Waals surface area contributed by atoms with Gasteiger partial charge >= 0.3 is 0 Å². The maximum atomic E-state index is 6.09. The molecule has 2 aliphatic rings. The molecule has 1 spiro atoms. The number of fused-ring (bicyclic) bond motifs is 1. The maximum absolute atomic E-state index is 6.09. The Bertz CT molecular complexity index is 818. The molecule has 0 radical (unpaired) electrons. The summed E-state index contributed by atoms with van der Waals surface area (Å²) in [5.74, 6) is 0.977. The Morgan fingerprint density at radius 3 is 2.76 bits per heavy atom. The summed E-state index contributed by atoms with van der Waals surface area (Å²) in [6.45, 7) is 2.06. The molecule has 2 heterocycles. The molecule has 4 rings (SSSR count). The average molecular weight is 421 g/mol. The number of benzene rings is 2. The summed E-state index contributed by atoms with van der Waals surface area (Å²) in [5, 5.41) is 8.01. The second-order valence-corrected chi connectivity index (χ2v) is 7.78. The summed E-state index contributed by atoms with van der Waals surface area (Å²) < 4.78 is 6.64. The molecule has 2 aromatic carbocycles. The van der Waals surface area contributed by atoms with E-state index < -0.39 is 0 Å². The molecule has 0 amide bonds. The second kappa shape index (κ2) is 6.98. The van der Waals surface area contributed by atoms with Crippen molar-refractivity contribution in [2.75, 3.05) is 23.8 Å². The van der Waals surface area contributed by atoms with Gasteiger partial charge in [0, 0.05) is 35.6 Å². The van der Waals surface area contributed by atoms with Crippen molar-refractivity contribution in [3.8, 4) is 0 Å². The molecule has 4 nitrogen and oxygen atoms in total. The number of rotatable bonds is 2. The fraction of sp³-hybridized carbons (Fsp3) is 0.316. The van der Waals surface area contributed by atoms with Crippen LogP contribution in [-0.2, 0) is 11.3 Å². The van der Waals surface area contributed by atoms with Gasteiger partial charge in [0.1, 0.15) is 5.84 Å². The summed E-state index contributed by atoms with van der Waals surface area (Å²) >= 11 is 9.64. The summed E-state index contributed by atoms with van der Waals surface area (Å²) in [4.78, 5) is 4.91. The molecular formula is C19H19BrClN3O. The first-order valence-corrected chi connectivity index (χ1v) is 9.54. The molecule has 2 aromatic rings. The van der Waals surface area contributed by atoms with Gasteiger partial charge in [-0.2, -0.15) is 0 Å². The first-order valence-electron chi connectivity index (χ1n) is 8.37. The van der Waals surface area contributed by atoms with Crippen LogP contribution in [0.5, 0.6) is 0 Å². The molecule has 0 atom stereocenters. The van der Waals surface area contributed by atoms with Gasteiger partial charge < -0.3 is 15.4 Å². The highest BCUT2D eigenvalue weighted by Gasteiger charge is 2.41. The van der Waals surface area contributed by atoms with E-state index in [0.717, 1.165) is 58.3 Å². The van der Waals surface area contributed by atoms with Crippen molar-refractivity contribution in [2.24, 2.45) is 4.99 Å². The lowest BCUT2D eigenvalue weighted by Crippen LogP contribution is -2.55. The van der Waals surface area contributed by atoms with Crippen LogP contribution in [-0.4, -0.2) is 24.6 Å². The number of halogens is 2. The number of nitrogens with one attached hydrogen (secondary N) is 2. The van der Waals surface area contributed by atoms with Gasteiger partial charge in [0.25, 0.3) is 0 Å². The van der Waals surface area contributed by atoms with E-state index in [0.29, 0.717) is 6.54 Å². The van der Waals surface area contributed by atoms with Gasteiger partial charge in [-0.15, -0.1) is 0 Å². The van der Waals surface area contributed by atoms with Gasteiger partial charge in [0.05, 0.1) is 23.5 Å². The van der Waals surface area contributed by atoms with E-state index in [-0.39, 0.29) is 5.54 Å². The molecule has 1 saturated heterocycles. The van der Waals surface area contributed by atoms with Gasteiger partial charge in [-0.1, -0.05) is 39.7 Å². The van der Waals surface area contributed by atoms with Crippen LogP contribution in [0.15, 0.2) is 51.9 Å². The topological polar surface area (TPSA) is 45.7 Å². The minimum Gasteiger partial charge on any atom is -0.381 e. The quantitative estimate of drug-likeness (QED) is 0.711. The Labute approximate surface area is 160 Å². The number of hydrogen-bond donors (Lipinski definition) is 2. The molecular weight excluding hydrogens is 402 g/mol. The van der Waals surface area contributed by atoms with Crippen LogP contribution in [0.4, 0.5) is 11.4 Å². The van der Waals surface area contributed by atoms with Crippen molar-refractivity contribution in [3.63, 3.8) is 0 Å². The lowest BCUT2D eigenvalue weighted by molar-refractivity contribution is 0.0778. The highest BCUT2D eigenvalue weighted by atomic mass is 79.9. The number of aliphatic imine (C=N–C) groups is 1. The van der Waals surface area contributed by atoms with Crippen molar-refractivity contribution in [1.29, 1.82) is 0 Å². The normalized spacial score (nSPS) is 20.0. The molecule has 0 bridgehead atoms. The van der Waals surface area contributed by atoms with Crippen LogP contribution < -0.4 is 10.6 Å². The largest absolute Gasteiger partial charge is 0.381 e. The van der Waals surface area contributed by atoms with E-state index in [1.165, 1.54) is 0 Å². The smallest absolute Gasteiger partial charge is 0.127 e. The second-order valence-electron chi connectivity index (χ2n) is 6.43. The van der Waals surface area contributed by atoms with Gasteiger partial charge in [-0.3, -0.25) is 4.99 Å². The first-order chi connectivity index (χ1) is 12.1. The monoisotopic (exact) mass is 419 g/mol. The molecule has 0 saturated carbocycles. The summed E-state index contributed by atoms with van der Waals surface area (Å²) in [6.07, 6.45) is 1.78. The van der Waals surface area contributed by atoms with E-state index in [4.69, 9.17) is 21.3 Å². The molecule has 1 fully saturated rings. The van der Waals surface area contributed by atoms with Crippen LogP contribution in [0.25, 0.3) is 0 Å². The number of nitrogens with zero attached hydrogens (tertiary/aromatic N) is 1. The standard InChI is InChI=1S/C19H19BrClN3O/c20-14-4-5-16-17(11-14)24-19(6-8-25-9-7-19)18(23-16)22-12-13-2-1-3-15(21)10-13/h1-5,10-11,24H,6-9,12H2,(H,22,23). The summed E-state index contributed by atoms with van der Waals surface area (Å²) in [7, 11) is 0. The molecule has 2 N–H and O–H groups in total. The molecule has 0 aliphatic carbocycles. The van der Waals surface area contributed by atoms with Gasteiger partial charge in [0.2, 0.25) is 0 Å². The van der Waals surface area contributed by atoms with Crippen LogP contribution >= 0.6 is 27.5 Å². The third-order valence-electron chi connectivity index (χ3n) is 4.72. The predicted octanol–water partition coefficient (Wildman–Crippen LogP) is 5.09. The average Bonchev–Trinajstić information content (AvgIpc) is 2.61. The van der Waals surface area contributed by atoms with Crippen molar-refractivity contribution in [1.82, 2.24) is 0 Å². The van der Waals surface area contributed by atoms with Crippen LogP contribution in [0.1, 0.15) is 18.4 Å². The Balaban J connectivity index is 1.68. The van der Waals surface area contributed by atoms with E-state index >= 15 is 0 Å². The molecule has 6 heteroatoms. The fourth-order valence-corrected chi connectivity index (χ4v) is 3.95. The minimum atomic E-state index is -0.204. The molecule has 25 heavy (non-hydrogen) atoms. The van der Waals surface area contributed by atoms with Crippen molar-refractivity contribution in [3.05, 3.63) is 57.5 Å². The fourth-order valence-electron chi connectivity index (χ4n) is 3.37. The Hall–Kier alpha value is -1.56. The molecule has 0 aromatic heterocycles. The lowest BCUT2D eigenvalue weighted by atomic mass is 9.86. The van der Waals surface area contributed by atoms with Crippen LogP contribution in [0.2, 0.25) is 5.02 Å².